The lowest BCUT2D eigenvalue weighted by molar-refractivity contribution is 0.424. The molecular weight excluding hydrogens is 270 g/mol. The average Bonchev–Trinajstić information content (AvgIpc) is 2.38. The highest BCUT2D eigenvalue weighted by Crippen LogP contribution is 2.27. The molecule has 1 aliphatic rings. The lowest BCUT2D eigenvalue weighted by Gasteiger charge is -2.30. The molecule has 0 aliphatic carbocycles. The Bertz CT molecular complexity index is 519. The molecule has 1 atom stereocenters. The third-order valence-corrected chi connectivity index (χ3v) is 5.90. The van der Waals surface area contributed by atoms with Crippen LogP contribution in [0.25, 0.3) is 0 Å². The van der Waals surface area contributed by atoms with E-state index in [4.69, 9.17) is 0 Å². The molecule has 100 valence electrons. The largest absolute Gasteiger partial charge is 0.387 e. The zero-order chi connectivity index (χ0) is 13.2. The zero-order valence-corrected chi connectivity index (χ0v) is 12.1. The molecule has 18 heavy (non-hydrogen) atoms. The van der Waals surface area contributed by atoms with Crippen molar-refractivity contribution in [2.75, 3.05) is 31.2 Å². The van der Waals surface area contributed by atoms with Gasteiger partial charge in [-0.25, -0.2) is 8.42 Å². The normalized spacial score (nSPS) is 21.8. The van der Waals surface area contributed by atoms with Crippen LogP contribution >= 0.6 is 11.8 Å². The van der Waals surface area contributed by atoms with Crippen molar-refractivity contribution in [2.24, 2.45) is 0 Å². The first kappa shape index (κ1) is 13.6. The first-order valence-corrected chi connectivity index (χ1v) is 8.28. The Morgan fingerprint density at radius 1 is 1.56 bits per heavy atom. The van der Waals surface area contributed by atoms with Crippen LogP contribution in [-0.2, 0) is 10.0 Å². The average molecular weight is 287 g/mol. The van der Waals surface area contributed by atoms with E-state index < -0.39 is 10.0 Å². The van der Waals surface area contributed by atoms with Crippen LogP contribution in [0.1, 0.15) is 6.92 Å². The maximum absolute atomic E-state index is 12.5. The lowest BCUT2D eigenvalue weighted by Crippen LogP contribution is -2.41. The van der Waals surface area contributed by atoms with Crippen LogP contribution in [0.2, 0.25) is 0 Å². The van der Waals surface area contributed by atoms with Crippen LogP contribution in [0.3, 0.4) is 0 Å². The molecule has 1 unspecified atom stereocenters. The summed E-state index contributed by atoms with van der Waals surface area (Å²) in [5, 5.41) is 3.24. The molecule has 1 aromatic heterocycles. The first-order chi connectivity index (χ1) is 8.55. The van der Waals surface area contributed by atoms with E-state index >= 15 is 0 Å². The second-order valence-electron chi connectivity index (χ2n) is 4.17. The van der Waals surface area contributed by atoms with Crippen LogP contribution in [0.5, 0.6) is 0 Å². The van der Waals surface area contributed by atoms with E-state index in [1.165, 1.54) is 6.20 Å². The Morgan fingerprint density at radius 2 is 2.33 bits per heavy atom. The minimum Gasteiger partial charge on any atom is -0.387 e. The van der Waals surface area contributed by atoms with Crippen molar-refractivity contribution < 1.29 is 8.42 Å². The summed E-state index contributed by atoms with van der Waals surface area (Å²) in [6.45, 7) is 3.18. The summed E-state index contributed by atoms with van der Waals surface area (Å²) in [5.41, 5.74) is 0.593. The number of anilines is 1. The van der Waals surface area contributed by atoms with E-state index in [-0.39, 0.29) is 4.90 Å². The number of thioether (sulfide) groups is 1. The van der Waals surface area contributed by atoms with E-state index in [0.717, 1.165) is 5.75 Å². The van der Waals surface area contributed by atoms with Crippen molar-refractivity contribution in [3.63, 3.8) is 0 Å². The summed E-state index contributed by atoms with van der Waals surface area (Å²) in [7, 11) is -1.73. The van der Waals surface area contributed by atoms with Gasteiger partial charge in [0.1, 0.15) is 4.90 Å². The number of hydrogen-bond acceptors (Lipinski definition) is 5. The summed E-state index contributed by atoms with van der Waals surface area (Å²) in [5.74, 6) is 0.843. The fourth-order valence-corrected chi connectivity index (χ4v) is 4.83. The molecule has 1 aliphatic heterocycles. The summed E-state index contributed by atoms with van der Waals surface area (Å²) < 4.78 is 26.6. The monoisotopic (exact) mass is 287 g/mol. The van der Waals surface area contributed by atoms with Gasteiger partial charge >= 0.3 is 0 Å². The zero-order valence-electron chi connectivity index (χ0n) is 10.5. The predicted octanol–water partition coefficient (Wildman–Crippen LogP) is 1.25. The number of nitrogens with one attached hydrogen (secondary N) is 1. The van der Waals surface area contributed by atoms with Crippen molar-refractivity contribution >= 4 is 27.5 Å². The van der Waals surface area contributed by atoms with E-state index in [0.29, 0.717) is 24.0 Å². The molecule has 2 heterocycles. The molecule has 0 amide bonds. The van der Waals surface area contributed by atoms with Crippen molar-refractivity contribution in [3.8, 4) is 0 Å². The third-order valence-electron chi connectivity index (χ3n) is 2.88. The van der Waals surface area contributed by atoms with Gasteiger partial charge in [0.25, 0.3) is 0 Å². The van der Waals surface area contributed by atoms with Crippen molar-refractivity contribution in [2.45, 2.75) is 17.1 Å². The molecule has 2 rings (SSSR count). The third kappa shape index (κ3) is 2.62. The molecule has 0 spiro atoms. The fraction of sp³-hybridized carbons (Fsp3) is 0.545. The topological polar surface area (TPSA) is 62.3 Å². The maximum atomic E-state index is 12.5. The number of pyridine rings is 1. The van der Waals surface area contributed by atoms with Gasteiger partial charge in [0.05, 0.1) is 5.69 Å². The summed E-state index contributed by atoms with van der Waals surface area (Å²) >= 11 is 1.81. The summed E-state index contributed by atoms with van der Waals surface area (Å²) in [6, 6.07) is 1.68. The highest BCUT2D eigenvalue weighted by atomic mass is 32.2. The molecule has 5 nitrogen and oxygen atoms in total. The first-order valence-electron chi connectivity index (χ1n) is 5.79. The molecular formula is C11H17N3O2S2. The number of aromatic nitrogens is 1. The molecule has 1 saturated heterocycles. The maximum Gasteiger partial charge on any atom is 0.246 e. The smallest absolute Gasteiger partial charge is 0.246 e. The molecule has 7 heteroatoms. The van der Waals surface area contributed by atoms with Crippen LogP contribution < -0.4 is 5.32 Å². The number of sulfonamides is 1. The highest BCUT2D eigenvalue weighted by Gasteiger charge is 2.30. The SMILES string of the molecule is CNc1ccncc1S(=O)(=O)N1CCSC(C)C1. The van der Waals surface area contributed by atoms with Gasteiger partial charge in [-0.2, -0.15) is 16.1 Å². The van der Waals surface area contributed by atoms with Crippen molar-refractivity contribution in [3.05, 3.63) is 18.5 Å². The molecule has 0 bridgehead atoms. The standard InChI is InChI=1S/C11H17N3O2S2/c1-9-8-14(5-6-17-9)18(15,16)11-7-13-4-3-10(11)12-2/h3-4,7,9H,5-6,8H2,1-2H3,(H,12,13). The number of rotatable bonds is 3. The Labute approximate surface area is 112 Å². The van der Waals surface area contributed by atoms with Gasteiger partial charge < -0.3 is 5.32 Å². The highest BCUT2D eigenvalue weighted by molar-refractivity contribution is 8.00. The van der Waals surface area contributed by atoms with Crippen LogP contribution in [0.15, 0.2) is 23.4 Å². The van der Waals surface area contributed by atoms with Crippen LogP contribution in [-0.4, -0.2) is 48.8 Å². The van der Waals surface area contributed by atoms with Gasteiger partial charge in [0, 0.05) is 43.5 Å². The lowest BCUT2D eigenvalue weighted by atomic mass is 10.4. The van der Waals surface area contributed by atoms with Crippen LogP contribution in [0.4, 0.5) is 5.69 Å². The van der Waals surface area contributed by atoms with Gasteiger partial charge in [-0.1, -0.05) is 6.92 Å². The number of nitrogens with zero attached hydrogens (tertiary/aromatic N) is 2. The predicted molar refractivity (Wildman–Crippen MR) is 74.5 cm³/mol. The molecule has 1 fully saturated rings. The van der Waals surface area contributed by atoms with Gasteiger partial charge in [0.15, 0.2) is 0 Å². The van der Waals surface area contributed by atoms with E-state index in [1.54, 1.807) is 35.4 Å². The van der Waals surface area contributed by atoms with Crippen LogP contribution in [0, 0.1) is 0 Å². The minimum absolute atomic E-state index is 0.256. The fourth-order valence-electron chi connectivity index (χ4n) is 1.94. The second-order valence-corrected chi connectivity index (χ2v) is 7.62. The van der Waals surface area contributed by atoms with Gasteiger partial charge in [-0.05, 0) is 6.07 Å². The second kappa shape index (κ2) is 5.46. The molecule has 0 saturated carbocycles. The van der Waals surface area contributed by atoms with E-state index in [1.807, 2.05) is 0 Å². The Hall–Kier alpha value is -0.790. The molecule has 1 aromatic rings. The summed E-state index contributed by atoms with van der Waals surface area (Å²) in [4.78, 5) is 4.18. The van der Waals surface area contributed by atoms with Crippen molar-refractivity contribution in [1.82, 2.24) is 9.29 Å². The van der Waals surface area contributed by atoms with Gasteiger partial charge in [-0.3, -0.25) is 4.98 Å². The number of hydrogen-bond donors (Lipinski definition) is 1. The Morgan fingerprint density at radius 3 is 3.00 bits per heavy atom. The van der Waals surface area contributed by atoms with E-state index in [9.17, 15) is 8.42 Å². The molecule has 0 radical (unpaired) electrons. The Kier molecular flexibility index (Phi) is 4.14. The quantitative estimate of drug-likeness (QED) is 0.906. The molecule has 0 aromatic carbocycles. The van der Waals surface area contributed by atoms with Gasteiger partial charge in [-0.15, -0.1) is 0 Å². The minimum atomic E-state index is -3.44. The Balaban J connectivity index is 2.35. The van der Waals surface area contributed by atoms with Crippen molar-refractivity contribution in [1.29, 1.82) is 0 Å². The molecule has 1 N–H and O–H groups in total. The summed E-state index contributed by atoms with van der Waals surface area (Å²) in [6.07, 6.45) is 2.99. The van der Waals surface area contributed by atoms with Gasteiger partial charge in [0.2, 0.25) is 10.0 Å². The van der Waals surface area contributed by atoms with E-state index in [2.05, 4.69) is 17.2 Å².